The van der Waals surface area contributed by atoms with Crippen molar-refractivity contribution in [2.45, 2.75) is 43.2 Å². The Morgan fingerprint density at radius 1 is 1.30 bits per heavy atom. The van der Waals surface area contributed by atoms with Gasteiger partial charge in [-0.3, -0.25) is 4.90 Å². The van der Waals surface area contributed by atoms with Crippen LogP contribution >= 0.6 is 15.9 Å². The summed E-state index contributed by atoms with van der Waals surface area (Å²) in [7, 11) is -3.44. The summed E-state index contributed by atoms with van der Waals surface area (Å²) >= 11 is 3.35. The highest BCUT2D eigenvalue weighted by Gasteiger charge is 2.36. The largest absolute Gasteiger partial charge is 0.299 e. The van der Waals surface area contributed by atoms with Gasteiger partial charge in [-0.25, -0.2) is 13.1 Å². The van der Waals surface area contributed by atoms with E-state index in [1.165, 1.54) is 12.8 Å². The fourth-order valence-electron chi connectivity index (χ4n) is 2.76. The van der Waals surface area contributed by atoms with E-state index in [1.807, 2.05) is 19.1 Å². The fourth-order valence-corrected chi connectivity index (χ4v) is 5.22. The van der Waals surface area contributed by atoms with Crippen molar-refractivity contribution in [1.29, 1.82) is 0 Å². The zero-order valence-corrected chi connectivity index (χ0v) is 13.9. The van der Waals surface area contributed by atoms with Crippen LogP contribution in [0.25, 0.3) is 0 Å². The highest BCUT2D eigenvalue weighted by Crippen LogP contribution is 2.30. The lowest BCUT2D eigenvalue weighted by Gasteiger charge is -2.16. The van der Waals surface area contributed by atoms with Gasteiger partial charge in [0.15, 0.2) is 0 Å². The van der Waals surface area contributed by atoms with Crippen LogP contribution < -0.4 is 4.72 Å². The molecule has 1 atom stereocenters. The number of sulfonamides is 1. The third kappa shape index (κ3) is 3.08. The van der Waals surface area contributed by atoms with Crippen LogP contribution in [0.3, 0.4) is 0 Å². The SMILES string of the molecule is Cc1ccc(S(=O)(=O)NC2CCN(C3CC3)C2)c(Br)c1. The van der Waals surface area contributed by atoms with Gasteiger partial charge in [-0.2, -0.15) is 0 Å². The molecule has 2 aliphatic rings. The van der Waals surface area contributed by atoms with Crippen molar-refractivity contribution in [2.24, 2.45) is 0 Å². The molecular formula is C14H19BrN2O2S. The van der Waals surface area contributed by atoms with Gasteiger partial charge >= 0.3 is 0 Å². The molecule has 1 heterocycles. The van der Waals surface area contributed by atoms with Gasteiger partial charge in [0.25, 0.3) is 0 Å². The molecule has 1 N–H and O–H groups in total. The predicted molar refractivity (Wildman–Crippen MR) is 82.2 cm³/mol. The molecule has 1 saturated carbocycles. The van der Waals surface area contributed by atoms with Gasteiger partial charge in [-0.05, 0) is 59.8 Å². The van der Waals surface area contributed by atoms with Crippen molar-refractivity contribution in [3.8, 4) is 0 Å². The second-order valence-electron chi connectivity index (χ2n) is 5.77. The molecule has 4 nitrogen and oxygen atoms in total. The minimum Gasteiger partial charge on any atom is -0.299 e. The van der Waals surface area contributed by atoms with Crippen molar-refractivity contribution < 1.29 is 8.42 Å². The number of halogens is 1. The molecule has 1 saturated heterocycles. The normalized spacial score (nSPS) is 24.2. The smallest absolute Gasteiger partial charge is 0.241 e. The monoisotopic (exact) mass is 358 g/mol. The van der Waals surface area contributed by atoms with Gasteiger partial charge in [0.1, 0.15) is 0 Å². The summed E-state index contributed by atoms with van der Waals surface area (Å²) in [5.41, 5.74) is 1.04. The number of hydrogen-bond donors (Lipinski definition) is 1. The Morgan fingerprint density at radius 3 is 2.70 bits per heavy atom. The topological polar surface area (TPSA) is 49.4 Å². The Morgan fingerprint density at radius 2 is 2.05 bits per heavy atom. The predicted octanol–water partition coefficient (Wildman–Crippen LogP) is 2.27. The van der Waals surface area contributed by atoms with Crippen LogP contribution in [0.4, 0.5) is 0 Å². The van der Waals surface area contributed by atoms with Crippen molar-refractivity contribution in [1.82, 2.24) is 9.62 Å². The van der Waals surface area contributed by atoms with E-state index in [4.69, 9.17) is 0 Å². The molecule has 0 radical (unpaired) electrons. The third-order valence-electron chi connectivity index (χ3n) is 3.98. The number of benzene rings is 1. The molecule has 110 valence electrons. The van der Waals surface area contributed by atoms with Crippen molar-refractivity contribution in [3.63, 3.8) is 0 Å². The lowest BCUT2D eigenvalue weighted by Crippen LogP contribution is -2.37. The van der Waals surface area contributed by atoms with Gasteiger partial charge in [0, 0.05) is 29.6 Å². The van der Waals surface area contributed by atoms with E-state index in [9.17, 15) is 8.42 Å². The summed E-state index contributed by atoms with van der Waals surface area (Å²) in [5.74, 6) is 0. The lowest BCUT2D eigenvalue weighted by atomic mass is 10.2. The van der Waals surface area contributed by atoms with Crippen molar-refractivity contribution in [3.05, 3.63) is 28.2 Å². The minimum absolute atomic E-state index is 0.0359. The number of nitrogens with one attached hydrogen (secondary N) is 1. The summed E-state index contributed by atoms with van der Waals surface area (Å²) in [6.45, 7) is 3.79. The first-order valence-corrected chi connectivity index (χ1v) is 9.26. The first-order valence-electron chi connectivity index (χ1n) is 6.98. The molecule has 0 spiro atoms. The summed E-state index contributed by atoms with van der Waals surface area (Å²) in [5, 5.41) is 0. The highest BCUT2D eigenvalue weighted by molar-refractivity contribution is 9.10. The molecule has 3 rings (SSSR count). The number of likely N-dealkylation sites (tertiary alicyclic amines) is 1. The summed E-state index contributed by atoms with van der Waals surface area (Å²) in [6.07, 6.45) is 3.44. The standard InChI is InChI=1S/C14H19BrN2O2S/c1-10-2-5-14(13(15)8-10)20(18,19)16-11-6-7-17(9-11)12-3-4-12/h2,5,8,11-12,16H,3-4,6-7,9H2,1H3. The first-order chi connectivity index (χ1) is 9.45. The second-order valence-corrected chi connectivity index (χ2v) is 8.30. The number of rotatable bonds is 4. The second kappa shape index (κ2) is 5.40. The zero-order chi connectivity index (χ0) is 14.3. The van der Waals surface area contributed by atoms with Gasteiger partial charge in [-0.1, -0.05) is 6.07 Å². The van der Waals surface area contributed by atoms with Gasteiger partial charge in [-0.15, -0.1) is 0 Å². The highest BCUT2D eigenvalue weighted by atomic mass is 79.9. The van der Waals surface area contributed by atoms with Gasteiger partial charge < -0.3 is 0 Å². The van der Waals surface area contributed by atoms with Crippen molar-refractivity contribution in [2.75, 3.05) is 13.1 Å². The van der Waals surface area contributed by atoms with Crippen LogP contribution in [0.2, 0.25) is 0 Å². The van der Waals surface area contributed by atoms with Crippen LogP contribution in [0.15, 0.2) is 27.6 Å². The van der Waals surface area contributed by atoms with Crippen molar-refractivity contribution >= 4 is 26.0 Å². The van der Waals surface area contributed by atoms with E-state index in [0.29, 0.717) is 15.4 Å². The first kappa shape index (κ1) is 14.5. The Hall–Kier alpha value is -0.430. The lowest BCUT2D eigenvalue weighted by molar-refractivity contribution is 0.322. The Balaban J connectivity index is 1.72. The Kier molecular flexibility index (Phi) is 3.92. The van der Waals surface area contributed by atoms with E-state index < -0.39 is 10.0 Å². The minimum atomic E-state index is -3.44. The average molecular weight is 359 g/mol. The molecule has 2 fully saturated rings. The molecular weight excluding hydrogens is 340 g/mol. The summed E-state index contributed by atoms with van der Waals surface area (Å²) in [6, 6.07) is 6.06. The Labute approximate surface area is 128 Å². The maximum atomic E-state index is 12.5. The van der Waals surface area contributed by atoms with Gasteiger partial charge in [0.2, 0.25) is 10.0 Å². The molecule has 1 aliphatic carbocycles. The third-order valence-corrected chi connectivity index (χ3v) is 6.48. The molecule has 6 heteroatoms. The molecule has 0 bridgehead atoms. The van der Waals surface area contributed by atoms with Crippen LogP contribution in [0.1, 0.15) is 24.8 Å². The van der Waals surface area contributed by atoms with Crippen LogP contribution in [-0.4, -0.2) is 38.5 Å². The van der Waals surface area contributed by atoms with E-state index in [1.54, 1.807) is 6.07 Å². The molecule has 1 aromatic rings. The number of aryl methyl sites for hydroxylation is 1. The van der Waals surface area contributed by atoms with E-state index in [-0.39, 0.29) is 6.04 Å². The van der Waals surface area contributed by atoms with E-state index in [2.05, 4.69) is 25.6 Å². The van der Waals surface area contributed by atoms with Crippen LogP contribution in [-0.2, 0) is 10.0 Å². The van der Waals surface area contributed by atoms with Gasteiger partial charge in [0.05, 0.1) is 4.90 Å². The maximum Gasteiger partial charge on any atom is 0.241 e. The molecule has 1 unspecified atom stereocenters. The quantitative estimate of drug-likeness (QED) is 0.897. The maximum absolute atomic E-state index is 12.5. The average Bonchev–Trinajstić information content (AvgIpc) is 3.10. The summed E-state index contributed by atoms with van der Waals surface area (Å²) < 4.78 is 28.4. The fraction of sp³-hybridized carbons (Fsp3) is 0.571. The summed E-state index contributed by atoms with van der Waals surface area (Å²) in [4.78, 5) is 2.73. The van der Waals surface area contributed by atoms with Crippen LogP contribution in [0.5, 0.6) is 0 Å². The van der Waals surface area contributed by atoms with E-state index in [0.717, 1.165) is 25.1 Å². The molecule has 20 heavy (non-hydrogen) atoms. The molecule has 0 amide bonds. The van der Waals surface area contributed by atoms with Crippen LogP contribution in [0, 0.1) is 6.92 Å². The Bertz CT molecular complexity index is 614. The number of nitrogens with zero attached hydrogens (tertiary/aromatic N) is 1. The molecule has 0 aromatic heterocycles. The molecule has 1 aromatic carbocycles. The molecule has 1 aliphatic heterocycles. The van der Waals surface area contributed by atoms with E-state index >= 15 is 0 Å². The zero-order valence-electron chi connectivity index (χ0n) is 11.5. The number of hydrogen-bond acceptors (Lipinski definition) is 3.